The molecule has 0 saturated carbocycles. The van der Waals surface area contributed by atoms with Gasteiger partial charge < -0.3 is 24.4 Å². The number of nitrogens with one attached hydrogen (secondary N) is 1. The third kappa shape index (κ3) is 6.26. The lowest BCUT2D eigenvalue weighted by atomic mass is 10.1. The van der Waals surface area contributed by atoms with Crippen LogP contribution < -0.4 is 19.7 Å². The zero-order valence-corrected chi connectivity index (χ0v) is 20.5. The number of hydrogen-bond acceptors (Lipinski definition) is 5. The van der Waals surface area contributed by atoms with Gasteiger partial charge in [-0.3, -0.25) is 0 Å². The normalized spacial score (nSPS) is 13.6. The van der Waals surface area contributed by atoms with Crippen LogP contribution in [0.5, 0.6) is 11.5 Å². The second kappa shape index (κ2) is 11.6. The SMILES string of the molecule is CCOc1cc(CNc2ccc(N3CCOCC3)c(Cl)c2)cc(Cl)c1OCc1ccc(F)cc1. The third-order valence-electron chi connectivity index (χ3n) is 5.46. The summed E-state index contributed by atoms with van der Waals surface area (Å²) in [6, 6.07) is 15.9. The maximum atomic E-state index is 13.1. The molecule has 5 nitrogen and oxygen atoms in total. The quantitative estimate of drug-likeness (QED) is 0.357. The van der Waals surface area contributed by atoms with Gasteiger partial charge in [-0.25, -0.2) is 4.39 Å². The summed E-state index contributed by atoms with van der Waals surface area (Å²) in [7, 11) is 0. The summed E-state index contributed by atoms with van der Waals surface area (Å²) in [5.41, 5.74) is 3.70. The van der Waals surface area contributed by atoms with E-state index in [0.29, 0.717) is 47.9 Å². The number of hydrogen-bond donors (Lipinski definition) is 1. The van der Waals surface area contributed by atoms with E-state index >= 15 is 0 Å². The molecule has 0 aliphatic carbocycles. The highest BCUT2D eigenvalue weighted by atomic mass is 35.5. The maximum Gasteiger partial charge on any atom is 0.180 e. The first-order chi connectivity index (χ1) is 16.5. The highest BCUT2D eigenvalue weighted by Crippen LogP contribution is 2.38. The van der Waals surface area contributed by atoms with Gasteiger partial charge in [-0.05, 0) is 60.5 Å². The van der Waals surface area contributed by atoms with Gasteiger partial charge in [0.1, 0.15) is 12.4 Å². The molecule has 1 saturated heterocycles. The van der Waals surface area contributed by atoms with Crippen molar-refractivity contribution in [3.05, 3.63) is 81.6 Å². The van der Waals surface area contributed by atoms with Crippen molar-refractivity contribution in [3.8, 4) is 11.5 Å². The molecule has 1 fully saturated rings. The Kier molecular flexibility index (Phi) is 8.38. The molecule has 1 N–H and O–H groups in total. The smallest absolute Gasteiger partial charge is 0.180 e. The van der Waals surface area contributed by atoms with Crippen LogP contribution in [-0.4, -0.2) is 32.9 Å². The van der Waals surface area contributed by atoms with E-state index in [-0.39, 0.29) is 12.4 Å². The lowest BCUT2D eigenvalue weighted by molar-refractivity contribution is 0.122. The van der Waals surface area contributed by atoms with Gasteiger partial charge >= 0.3 is 0 Å². The average molecular weight is 505 g/mol. The number of morpholine rings is 1. The molecule has 3 aromatic rings. The highest BCUT2D eigenvalue weighted by Gasteiger charge is 2.16. The van der Waals surface area contributed by atoms with Crippen molar-refractivity contribution in [3.63, 3.8) is 0 Å². The van der Waals surface area contributed by atoms with Crippen molar-refractivity contribution in [1.82, 2.24) is 0 Å². The molecule has 1 aliphatic heterocycles. The fourth-order valence-corrected chi connectivity index (χ4v) is 4.33. The Morgan fingerprint density at radius 3 is 2.41 bits per heavy atom. The Balaban J connectivity index is 1.43. The van der Waals surface area contributed by atoms with Gasteiger partial charge in [0, 0.05) is 25.3 Å². The number of anilines is 2. The van der Waals surface area contributed by atoms with Crippen molar-refractivity contribution < 1.29 is 18.6 Å². The molecule has 0 aromatic heterocycles. The van der Waals surface area contributed by atoms with E-state index < -0.39 is 0 Å². The van der Waals surface area contributed by atoms with Crippen LogP contribution in [0.25, 0.3) is 0 Å². The highest BCUT2D eigenvalue weighted by molar-refractivity contribution is 6.33. The predicted molar refractivity (Wildman–Crippen MR) is 135 cm³/mol. The summed E-state index contributed by atoms with van der Waals surface area (Å²) in [4.78, 5) is 2.23. The van der Waals surface area contributed by atoms with Crippen molar-refractivity contribution in [1.29, 1.82) is 0 Å². The number of benzene rings is 3. The van der Waals surface area contributed by atoms with E-state index in [1.54, 1.807) is 12.1 Å². The fourth-order valence-electron chi connectivity index (χ4n) is 3.74. The number of ether oxygens (including phenoxy) is 3. The minimum atomic E-state index is -0.286. The Hall–Kier alpha value is -2.67. The first kappa shape index (κ1) is 24.5. The molecule has 0 bridgehead atoms. The van der Waals surface area contributed by atoms with Crippen molar-refractivity contribution >= 4 is 34.6 Å². The fraction of sp³-hybridized carbons (Fsp3) is 0.308. The molecule has 8 heteroatoms. The van der Waals surface area contributed by atoms with Crippen LogP contribution in [0.1, 0.15) is 18.1 Å². The van der Waals surface area contributed by atoms with E-state index in [1.807, 2.05) is 37.3 Å². The number of nitrogens with zero attached hydrogens (tertiary/aromatic N) is 1. The monoisotopic (exact) mass is 504 g/mol. The van der Waals surface area contributed by atoms with Crippen LogP contribution in [0, 0.1) is 5.82 Å². The number of halogens is 3. The largest absolute Gasteiger partial charge is 0.490 e. The van der Waals surface area contributed by atoms with Gasteiger partial charge in [0.25, 0.3) is 0 Å². The topological polar surface area (TPSA) is 43.0 Å². The molecule has 1 heterocycles. The molecule has 180 valence electrons. The van der Waals surface area contributed by atoms with E-state index in [1.165, 1.54) is 12.1 Å². The minimum Gasteiger partial charge on any atom is -0.490 e. The lowest BCUT2D eigenvalue weighted by Crippen LogP contribution is -2.36. The molecule has 1 aliphatic rings. The van der Waals surface area contributed by atoms with Gasteiger partial charge in [0.05, 0.1) is 35.6 Å². The second-order valence-corrected chi connectivity index (χ2v) is 8.69. The van der Waals surface area contributed by atoms with E-state index in [9.17, 15) is 4.39 Å². The summed E-state index contributed by atoms with van der Waals surface area (Å²) < 4.78 is 30.3. The lowest BCUT2D eigenvalue weighted by Gasteiger charge is -2.29. The molecule has 0 amide bonds. The first-order valence-electron chi connectivity index (χ1n) is 11.2. The number of rotatable bonds is 9. The van der Waals surface area contributed by atoms with Gasteiger partial charge in [-0.2, -0.15) is 0 Å². The molecular formula is C26H27Cl2FN2O3. The Bertz CT molecular complexity index is 1110. The molecule has 4 rings (SSSR count). The molecule has 0 atom stereocenters. The van der Waals surface area contributed by atoms with Gasteiger partial charge in [-0.15, -0.1) is 0 Å². The average Bonchev–Trinajstić information content (AvgIpc) is 2.84. The van der Waals surface area contributed by atoms with Crippen LogP contribution in [0.3, 0.4) is 0 Å². The Morgan fingerprint density at radius 2 is 1.71 bits per heavy atom. The van der Waals surface area contributed by atoms with Gasteiger partial charge in [-0.1, -0.05) is 35.3 Å². The second-order valence-electron chi connectivity index (χ2n) is 7.87. The summed E-state index contributed by atoms with van der Waals surface area (Å²) >= 11 is 13.1. The van der Waals surface area contributed by atoms with Crippen molar-refractivity contribution in [2.75, 3.05) is 43.1 Å². The summed E-state index contributed by atoms with van der Waals surface area (Å²) in [6.07, 6.45) is 0. The van der Waals surface area contributed by atoms with E-state index in [4.69, 9.17) is 37.4 Å². The molecule has 34 heavy (non-hydrogen) atoms. The predicted octanol–water partition coefficient (Wildman–Crippen LogP) is 6.56. The summed E-state index contributed by atoms with van der Waals surface area (Å²) in [5.74, 6) is 0.745. The minimum absolute atomic E-state index is 0.256. The zero-order chi connectivity index (χ0) is 23.9. The zero-order valence-electron chi connectivity index (χ0n) is 19.0. The molecular weight excluding hydrogens is 478 g/mol. The van der Waals surface area contributed by atoms with E-state index in [0.717, 1.165) is 35.6 Å². The van der Waals surface area contributed by atoms with Crippen molar-refractivity contribution in [2.24, 2.45) is 0 Å². The van der Waals surface area contributed by atoms with Gasteiger partial charge in [0.15, 0.2) is 11.5 Å². The molecule has 0 unspecified atom stereocenters. The Morgan fingerprint density at radius 1 is 0.941 bits per heavy atom. The van der Waals surface area contributed by atoms with Crippen LogP contribution in [0.15, 0.2) is 54.6 Å². The van der Waals surface area contributed by atoms with E-state index in [2.05, 4.69) is 10.2 Å². The van der Waals surface area contributed by atoms with Crippen LogP contribution in [0.2, 0.25) is 10.0 Å². The maximum absolute atomic E-state index is 13.1. The Labute approximate surface area is 209 Å². The first-order valence-corrected chi connectivity index (χ1v) is 12.0. The van der Waals surface area contributed by atoms with Crippen LogP contribution in [0.4, 0.5) is 15.8 Å². The molecule has 0 radical (unpaired) electrons. The summed E-state index contributed by atoms with van der Waals surface area (Å²) in [6.45, 7) is 6.25. The summed E-state index contributed by atoms with van der Waals surface area (Å²) in [5, 5.41) is 4.54. The van der Waals surface area contributed by atoms with Crippen LogP contribution >= 0.6 is 23.2 Å². The standard InChI is InChI=1S/C26H27Cl2FN2O3/c1-2-33-25-14-19(13-23(28)26(25)34-17-18-3-5-20(29)6-4-18)16-30-21-7-8-24(22(27)15-21)31-9-11-32-12-10-31/h3-8,13-15,30H,2,9-12,16-17H2,1H3. The van der Waals surface area contributed by atoms with Crippen molar-refractivity contribution in [2.45, 2.75) is 20.1 Å². The molecule has 0 spiro atoms. The van der Waals surface area contributed by atoms with Crippen LogP contribution in [-0.2, 0) is 17.9 Å². The third-order valence-corrected chi connectivity index (χ3v) is 6.05. The molecule has 3 aromatic carbocycles. The van der Waals surface area contributed by atoms with Gasteiger partial charge in [0.2, 0.25) is 0 Å².